The Morgan fingerprint density at radius 1 is 1.18 bits per heavy atom. The van der Waals surface area contributed by atoms with Gasteiger partial charge >= 0.3 is 5.97 Å². The van der Waals surface area contributed by atoms with Crippen LogP contribution in [0.15, 0.2) is 40.2 Å². The second-order valence-corrected chi connectivity index (χ2v) is 5.59. The zero-order chi connectivity index (χ0) is 12.0. The van der Waals surface area contributed by atoms with Crippen LogP contribution in [0.5, 0.6) is 0 Å². The standard InChI is InChI=1S/C13H7BrO2S/c14-8-2-1-7-5-11(13(15)16)9-3-4-17-12(9)10(7)6-8/h1-6H,(H,15,16). The fourth-order valence-electron chi connectivity index (χ4n) is 1.99. The lowest BCUT2D eigenvalue weighted by Crippen LogP contribution is -1.96. The Balaban J connectivity index is 2.55. The van der Waals surface area contributed by atoms with Gasteiger partial charge in [0.25, 0.3) is 0 Å². The van der Waals surface area contributed by atoms with Gasteiger partial charge < -0.3 is 5.11 Å². The number of hydrogen-bond donors (Lipinski definition) is 1. The van der Waals surface area contributed by atoms with E-state index in [0.717, 1.165) is 25.3 Å². The molecule has 3 rings (SSSR count). The Labute approximate surface area is 110 Å². The largest absolute Gasteiger partial charge is 0.478 e. The summed E-state index contributed by atoms with van der Waals surface area (Å²) in [4.78, 5) is 11.2. The molecule has 2 aromatic carbocycles. The van der Waals surface area contributed by atoms with Crippen LogP contribution >= 0.6 is 27.3 Å². The summed E-state index contributed by atoms with van der Waals surface area (Å²) < 4.78 is 2.03. The smallest absolute Gasteiger partial charge is 0.336 e. The second kappa shape index (κ2) is 3.82. The third-order valence-corrected chi connectivity index (χ3v) is 4.19. The van der Waals surface area contributed by atoms with E-state index in [1.807, 2.05) is 29.6 Å². The molecule has 0 aliphatic rings. The van der Waals surface area contributed by atoms with Crippen molar-refractivity contribution in [3.63, 3.8) is 0 Å². The van der Waals surface area contributed by atoms with E-state index in [1.54, 1.807) is 17.4 Å². The number of carboxylic acids is 1. The van der Waals surface area contributed by atoms with Crippen LogP contribution in [0.2, 0.25) is 0 Å². The number of halogens is 1. The Morgan fingerprint density at radius 3 is 2.76 bits per heavy atom. The van der Waals surface area contributed by atoms with Crippen molar-refractivity contribution in [2.75, 3.05) is 0 Å². The topological polar surface area (TPSA) is 37.3 Å². The Hall–Kier alpha value is -1.39. The zero-order valence-electron chi connectivity index (χ0n) is 8.61. The maximum Gasteiger partial charge on any atom is 0.336 e. The van der Waals surface area contributed by atoms with Crippen molar-refractivity contribution in [3.05, 3.63) is 45.7 Å². The molecular formula is C13H7BrO2S. The van der Waals surface area contributed by atoms with E-state index < -0.39 is 5.97 Å². The molecule has 0 fully saturated rings. The highest BCUT2D eigenvalue weighted by Crippen LogP contribution is 2.34. The molecule has 0 bridgehead atoms. The molecule has 0 saturated carbocycles. The van der Waals surface area contributed by atoms with Gasteiger partial charge in [0.05, 0.1) is 5.56 Å². The van der Waals surface area contributed by atoms with Gasteiger partial charge in [-0.05, 0) is 35.0 Å². The molecule has 0 amide bonds. The van der Waals surface area contributed by atoms with Gasteiger partial charge in [0.15, 0.2) is 0 Å². The Kier molecular flexibility index (Phi) is 2.42. The Bertz CT molecular complexity index is 746. The van der Waals surface area contributed by atoms with E-state index in [1.165, 1.54) is 0 Å². The van der Waals surface area contributed by atoms with Crippen molar-refractivity contribution in [2.45, 2.75) is 0 Å². The second-order valence-electron chi connectivity index (χ2n) is 3.76. The van der Waals surface area contributed by atoms with Gasteiger partial charge in [-0.2, -0.15) is 0 Å². The number of aromatic carboxylic acids is 1. The lowest BCUT2D eigenvalue weighted by Gasteiger charge is -2.04. The van der Waals surface area contributed by atoms with E-state index in [4.69, 9.17) is 0 Å². The zero-order valence-corrected chi connectivity index (χ0v) is 11.0. The summed E-state index contributed by atoms with van der Waals surface area (Å²) in [7, 11) is 0. The summed E-state index contributed by atoms with van der Waals surface area (Å²) in [5.41, 5.74) is 0.371. The van der Waals surface area contributed by atoms with Gasteiger partial charge in [-0.25, -0.2) is 4.79 Å². The summed E-state index contributed by atoms with van der Waals surface area (Å²) in [6.45, 7) is 0. The number of fused-ring (bicyclic) bond motifs is 3. The van der Waals surface area contributed by atoms with Crippen LogP contribution in [0.3, 0.4) is 0 Å². The van der Waals surface area contributed by atoms with E-state index in [0.29, 0.717) is 5.56 Å². The predicted octanol–water partition coefficient (Wildman–Crippen LogP) is 4.52. The minimum atomic E-state index is -0.877. The van der Waals surface area contributed by atoms with Gasteiger partial charge in [-0.3, -0.25) is 0 Å². The van der Waals surface area contributed by atoms with Crippen LogP contribution in [0, 0.1) is 0 Å². The molecule has 0 aliphatic heterocycles. The van der Waals surface area contributed by atoms with Crippen molar-refractivity contribution < 1.29 is 9.90 Å². The van der Waals surface area contributed by atoms with Crippen LogP contribution in [0.1, 0.15) is 10.4 Å². The van der Waals surface area contributed by atoms with E-state index >= 15 is 0 Å². The molecular weight excluding hydrogens is 300 g/mol. The molecule has 0 atom stereocenters. The number of carboxylic acid groups (broad SMARTS) is 1. The third kappa shape index (κ3) is 1.64. The first kappa shape index (κ1) is 10.7. The van der Waals surface area contributed by atoms with Crippen molar-refractivity contribution in [1.29, 1.82) is 0 Å². The molecule has 1 heterocycles. The van der Waals surface area contributed by atoms with Crippen LogP contribution in [0.4, 0.5) is 0 Å². The summed E-state index contributed by atoms with van der Waals surface area (Å²) in [5.74, 6) is -0.877. The monoisotopic (exact) mass is 306 g/mol. The molecule has 0 aliphatic carbocycles. The van der Waals surface area contributed by atoms with Crippen molar-refractivity contribution in [2.24, 2.45) is 0 Å². The normalized spacial score (nSPS) is 11.1. The van der Waals surface area contributed by atoms with Gasteiger partial charge in [0.2, 0.25) is 0 Å². The molecule has 1 N–H and O–H groups in total. The Morgan fingerprint density at radius 2 is 2.00 bits per heavy atom. The third-order valence-electron chi connectivity index (χ3n) is 2.75. The lowest BCUT2D eigenvalue weighted by molar-refractivity contribution is 0.0699. The molecule has 84 valence electrons. The molecule has 2 nitrogen and oxygen atoms in total. The highest BCUT2D eigenvalue weighted by Gasteiger charge is 2.12. The fourth-order valence-corrected chi connectivity index (χ4v) is 3.30. The first-order valence-corrected chi connectivity index (χ1v) is 6.67. The summed E-state index contributed by atoms with van der Waals surface area (Å²) in [6.07, 6.45) is 0. The van der Waals surface area contributed by atoms with Gasteiger partial charge in [0.1, 0.15) is 0 Å². The SMILES string of the molecule is O=C(O)c1cc2ccc(Br)cc2c2sccc12. The van der Waals surface area contributed by atoms with Crippen LogP contribution in [-0.2, 0) is 0 Å². The summed E-state index contributed by atoms with van der Waals surface area (Å²) in [5, 5.41) is 14.0. The average molecular weight is 307 g/mol. The number of thiophene rings is 1. The van der Waals surface area contributed by atoms with Crippen molar-refractivity contribution in [1.82, 2.24) is 0 Å². The van der Waals surface area contributed by atoms with E-state index in [2.05, 4.69) is 15.9 Å². The molecule has 1 aromatic heterocycles. The minimum absolute atomic E-state index is 0.371. The first-order chi connectivity index (χ1) is 8.16. The number of rotatable bonds is 1. The molecule has 0 spiro atoms. The molecule has 0 radical (unpaired) electrons. The van der Waals surface area contributed by atoms with E-state index in [9.17, 15) is 9.90 Å². The lowest BCUT2D eigenvalue weighted by atomic mass is 10.0. The quantitative estimate of drug-likeness (QED) is 0.718. The number of benzene rings is 2. The highest BCUT2D eigenvalue weighted by atomic mass is 79.9. The molecule has 0 unspecified atom stereocenters. The highest BCUT2D eigenvalue weighted by molar-refractivity contribution is 9.10. The maximum atomic E-state index is 11.2. The average Bonchev–Trinajstić information content (AvgIpc) is 2.76. The van der Waals surface area contributed by atoms with Gasteiger partial charge in [-0.15, -0.1) is 11.3 Å². The predicted molar refractivity (Wildman–Crippen MR) is 74.0 cm³/mol. The first-order valence-electron chi connectivity index (χ1n) is 4.99. The van der Waals surface area contributed by atoms with E-state index in [-0.39, 0.29) is 0 Å². The van der Waals surface area contributed by atoms with Gasteiger partial charge in [0, 0.05) is 19.9 Å². The molecule has 3 aromatic rings. The van der Waals surface area contributed by atoms with Gasteiger partial charge in [-0.1, -0.05) is 22.0 Å². The van der Waals surface area contributed by atoms with Crippen molar-refractivity contribution >= 4 is 54.1 Å². The summed E-state index contributed by atoms with van der Waals surface area (Å²) >= 11 is 5.02. The van der Waals surface area contributed by atoms with Crippen LogP contribution < -0.4 is 0 Å². The number of hydrogen-bond acceptors (Lipinski definition) is 2. The molecule has 17 heavy (non-hydrogen) atoms. The maximum absolute atomic E-state index is 11.2. The van der Waals surface area contributed by atoms with Crippen LogP contribution in [0.25, 0.3) is 20.9 Å². The van der Waals surface area contributed by atoms with Crippen molar-refractivity contribution in [3.8, 4) is 0 Å². The van der Waals surface area contributed by atoms with Crippen LogP contribution in [-0.4, -0.2) is 11.1 Å². The fraction of sp³-hybridized carbons (Fsp3) is 0. The summed E-state index contributed by atoms with van der Waals surface area (Å²) in [6, 6.07) is 9.49. The minimum Gasteiger partial charge on any atom is -0.478 e. The molecule has 0 saturated heterocycles. The number of carbonyl (C=O) groups is 1. The molecule has 4 heteroatoms.